The van der Waals surface area contributed by atoms with Crippen molar-refractivity contribution in [1.29, 1.82) is 0 Å². The summed E-state index contributed by atoms with van der Waals surface area (Å²) in [6.45, 7) is 4.07. The lowest BCUT2D eigenvalue weighted by atomic mass is 10.2. The van der Waals surface area contributed by atoms with Crippen LogP contribution < -0.4 is 5.73 Å². The number of aromatic nitrogens is 4. The van der Waals surface area contributed by atoms with Gasteiger partial charge < -0.3 is 10.9 Å². The highest BCUT2D eigenvalue weighted by atomic mass is 16.4. The number of nitrogens with zero attached hydrogens (tertiary/aromatic N) is 5. The summed E-state index contributed by atoms with van der Waals surface area (Å²) in [4.78, 5) is 0. The molecule has 0 amide bonds. The van der Waals surface area contributed by atoms with Crippen molar-refractivity contribution in [2.75, 3.05) is 0 Å². The molecule has 0 bridgehead atoms. The Hall–Kier alpha value is -2.44. The summed E-state index contributed by atoms with van der Waals surface area (Å²) in [6, 6.07) is 3.66. The van der Waals surface area contributed by atoms with Crippen LogP contribution in [0.15, 0.2) is 23.5 Å². The smallest absolute Gasteiger partial charge is 0.187 e. The molecule has 3 N–H and O–H groups in total. The second-order valence-electron chi connectivity index (χ2n) is 4.00. The Bertz CT molecular complexity index is 604. The topological polar surface area (TPSA) is 102 Å². The van der Waals surface area contributed by atoms with E-state index >= 15 is 0 Å². The van der Waals surface area contributed by atoms with E-state index in [1.165, 1.54) is 6.20 Å². The molecule has 0 aliphatic rings. The van der Waals surface area contributed by atoms with Gasteiger partial charge in [-0.2, -0.15) is 10.2 Å². The minimum atomic E-state index is -0.0134. The number of aryl methyl sites for hydroxylation is 2. The first kappa shape index (κ1) is 13.0. The first-order valence-electron chi connectivity index (χ1n) is 6.09. The minimum Gasteiger partial charge on any atom is -0.409 e. The van der Waals surface area contributed by atoms with Gasteiger partial charge in [0.25, 0.3) is 0 Å². The Morgan fingerprint density at radius 2 is 2.21 bits per heavy atom. The fraction of sp³-hybridized carbons (Fsp3) is 0.333. The maximum absolute atomic E-state index is 8.82. The number of rotatable bonds is 4. The van der Waals surface area contributed by atoms with E-state index in [1.807, 2.05) is 19.9 Å². The van der Waals surface area contributed by atoms with Crippen LogP contribution in [0.3, 0.4) is 0 Å². The number of nitrogens with two attached hydrogens (primary N) is 1. The molecule has 7 heteroatoms. The predicted molar refractivity (Wildman–Crippen MR) is 70.4 cm³/mol. The van der Waals surface area contributed by atoms with Crippen molar-refractivity contribution >= 4 is 5.84 Å². The van der Waals surface area contributed by atoms with Gasteiger partial charge in [-0.25, -0.2) is 4.68 Å². The van der Waals surface area contributed by atoms with Crippen LogP contribution in [-0.2, 0) is 12.8 Å². The maximum Gasteiger partial charge on any atom is 0.187 e. The van der Waals surface area contributed by atoms with E-state index in [0.717, 1.165) is 24.2 Å². The van der Waals surface area contributed by atoms with Crippen LogP contribution in [0.4, 0.5) is 0 Å². The summed E-state index contributed by atoms with van der Waals surface area (Å²) in [7, 11) is 0. The fourth-order valence-corrected chi connectivity index (χ4v) is 1.82. The van der Waals surface area contributed by atoms with Crippen LogP contribution in [0.25, 0.3) is 5.82 Å². The van der Waals surface area contributed by atoms with Gasteiger partial charge in [-0.3, -0.25) is 0 Å². The molecule has 7 nitrogen and oxygen atoms in total. The molecule has 0 atom stereocenters. The highest BCUT2D eigenvalue weighted by molar-refractivity contribution is 5.99. The number of hydrogen-bond donors (Lipinski definition) is 2. The molecule has 0 aliphatic carbocycles. The van der Waals surface area contributed by atoms with Crippen LogP contribution in [-0.4, -0.2) is 31.0 Å². The Labute approximate surface area is 110 Å². The van der Waals surface area contributed by atoms with Crippen molar-refractivity contribution in [2.45, 2.75) is 26.7 Å². The van der Waals surface area contributed by atoms with Crippen molar-refractivity contribution in [3.8, 4) is 5.82 Å². The first-order valence-corrected chi connectivity index (χ1v) is 6.09. The van der Waals surface area contributed by atoms with Gasteiger partial charge in [0.1, 0.15) is 0 Å². The molecule has 0 radical (unpaired) electrons. The van der Waals surface area contributed by atoms with Gasteiger partial charge in [-0.1, -0.05) is 19.0 Å². The zero-order valence-electron chi connectivity index (χ0n) is 10.9. The van der Waals surface area contributed by atoms with Gasteiger partial charge in [0.2, 0.25) is 0 Å². The van der Waals surface area contributed by atoms with Crippen molar-refractivity contribution in [2.24, 2.45) is 10.9 Å². The van der Waals surface area contributed by atoms with Gasteiger partial charge in [0, 0.05) is 5.69 Å². The summed E-state index contributed by atoms with van der Waals surface area (Å²) >= 11 is 0. The van der Waals surface area contributed by atoms with Crippen molar-refractivity contribution in [3.63, 3.8) is 0 Å². The Morgan fingerprint density at radius 3 is 2.84 bits per heavy atom. The zero-order valence-corrected chi connectivity index (χ0v) is 10.9. The average Bonchev–Trinajstić information content (AvgIpc) is 2.89. The third kappa shape index (κ3) is 2.40. The van der Waals surface area contributed by atoms with Gasteiger partial charge in [-0.05, 0) is 25.0 Å². The van der Waals surface area contributed by atoms with Crippen molar-refractivity contribution in [1.82, 2.24) is 20.0 Å². The van der Waals surface area contributed by atoms with Crippen LogP contribution in [0.2, 0.25) is 0 Å². The Kier molecular flexibility index (Phi) is 3.74. The fourth-order valence-electron chi connectivity index (χ4n) is 1.82. The molecule has 0 unspecified atom stereocenters. The largest absolute Gasteiger partial charge is 0.409 e. The molecule has 0 aromatic carbocycles. The third-order valence-electron chi connectivity index (χ3n) is 2.84. The van der Waals surface area contributed by atoms with E-state index in [1.54, 1.807) is 10.7 Å². The predicted octanol–water partition coefficient (Wildman–Crippen LogP) is 0.882. The SMILES string of the molecule is CCc1cc(CC)n(-c2nnccc2/C(N)=N/O)n1. The molecule has 100 valence electrons. The molecule has 0 fully saturated rings. The molecule has 0 saturated carbocycles. The lowest BCUT2D eigenvalue weighted by molar-refractivity contribution is 0.318. The number of hydrogen-bond acceptors (Lipinski definition) is 5. The molecular weight excluding hydrogens is 244 g/mol. The van der Waals surface area contributed by atoms with E-state index in [0.29, 0.717) is 11.4 Å². The van der Waals surface area contributed by atoms with Gasteiger partial charge in [0.15, 0.2) is 11.7 Å². The molecule has 0 spiro atoms. The van der Waals surface area contributed by atoms with Crippen LogP contribution in [0.1, 0.15) is 30.8 Å². The van der Waals surface area contributed by atoms with Gasteiger partial charge in [0.05, 0.1) is 17.5 Å². The summed E-state index contributed by atoms with van der Waals surface area (Å²) < 4.78 is 1.69. The Morgan fingerprint density at radius 1 is 1.42 bits per heavy atom. The monoisotopic (exact) mass is 260 g/mol. The lowest BCUT2D eigenvalue weighted by Gasteiger charge is -2.08. The highest BCUT2D eigenvalue weighted by Gasteiger charge is 2.15. The summed E-state index contributed by atoms with van der Waals surface area (Å²) in [5.41, 5.74) is 8.12. The molecule has 19 heavy (non-hydrogen) atoms. The van der Waals surface area contributed by atoms with E-state index in [2.05, 4.69) is 20.5 Å². The zero-order chi connectivity index (χ0) is 13.8. The van der Waals surface area contributed by atoms with Crippen molar-refractivity contribution in [3.05, 3.63) is 35.3 Å². The first-order chi connectivity index (χ1) is 9.21. The van der Waals surface area contributed by atoms with Crippen LogP contribution >= 0.6 is 0 Å². The molecule has 2 rings (SSSR count). The summed E-state index contributed by atoms with van der Waals surface area (Å²) in [5, 5.41) is 24.2. The summed E-state index contributed by atoms with van der Waals surface area (Å²) in [6.07, 6.45) is 3.13. The normalized spacial score (nSPS) is 11.8. The molecule has 2 aromatic rings. The molecule has 0 aliphatic heterocycles. The van der Waals surface area contributed by atoms with E-state index < -0.39 is 0 Å². The highest BCUT2D eigenvalue weighted by Crippen LogP contribution is 2.15. The van der Waals surface area contributed by atoms with E-state index in [9.17, 15) is 0 Å². The minimum absolute atomic E-state index is 0.0134. The quantitative estimate of drug-likeness (QED) is 0.368. The number of amidine groups is 1. The Balaban J connectivity index is 2.61. The second kappa shape index (κ2) is 5.47. The molecule has 2 heterocycles. The maximum atomic E-state index is 8.82. The van der Waals surface area contributed by atoms with Gasteiger partial charge >= 0.3 is 0 Å². The second-order valence-corrected chi connectivity index (χ2v) is 4.00. The number of oxime groups is 1. The molecule has 2 aromatic heterocycles. The average molecular weight is 260 g/mol. The molecular formula is C12H16N6O. The van der Waals surface area contributed by atoms with Crippen LogP contribution in [0, 0.1) is 0 Å². The van der Waals surface area contributed by atoms with Crippen LogP contribution in [0.5, 0.6) is 0 Å². The van der Waals surface area contributed by atoms with Crippen molar-refractivity contribution < 1.29 is 5.21 Å². The lowest BCUT2D eigenvalue weighted by Crippen LogP contribution is -2.19. The standard InChI is InChI=1S/C12H16N6O/c1-3-8-7-9(4-2)18(16-8)12-10(11(13)17-19)5-6-14-15-12/h5-7,19H,3-4H2,1-2H3,(H2,13,17). The third-order valence-corrected chi connectivity index (χ3v) is 2.84. The van der Waals surface area contributed by atoms with Gasteiger partial charge in [-0.15, -0.1) is 5.10 Å². The summed E-state index contributed by atoms with van der Waals surface area (Å²) in [5.74, 6) is 0.454. The van der Waals surface area contributed by atoms with E-state index in [4.69, 9.17) is 10.9 Å². The molecule has 0 saturated heterocycles. The van der Waals surface area contributed by atoms with E-state index in [-0.39, 0.29) is 5.84 Å².